The van der Waals surface area contributed by atoms with Crippen molar-refractivity contribution in [1.29, 1.82) is 0 Å². The topological polar surface area (TPSA) is 74.0 Å². The van der Waals surface area contributed by atoms with Crippen LogP contribution in [0.4, 0.5) is 11.4 Å². The zero-order valence-corrected chi connectivity index (χ0v) is 14.1. The van der Waals surface area contributed by atoms with Crippen molar-refractivity contribution in [2.75, 3.05) is 17.2 Å². The Kier molecular flexibility index (Phi) is 3.57. The van der Waals surface area contributed by atoms with Gasteiger partial charge in [0.25, 0.3) is 5.56 Å². The summed E-state index contributed by atoms with van der Waals surface area (Å²) in [4.78, 5) is 26.4. The fraction of sp³-hybridized carbons (Fsp3) is 0.200. The normalized spacial score (nSPS) is 15.7. The van der Waals surface area contributed by atoms with E-state index in [0.717, 1.165) is 39.8 Å². The third kappa shape index (κ3) is 2.67. The highest BCUT2D eigenvalue weighted by molar-refractivity contribution is 5.93. The standard InChI is InChI=1S/C20H19N3O2/c1-11-10-21-19-18(11)16-9-14(6-7-17(16)23-20(19)25)13-4-3-5-15(8-13)22-12(2)24/h3-9,11,21H,10H2,1-2H3,(H,22,24)(H,23,25). The molecular formula is C20H19N3O2. The second-order valence-corrected chi connectivity index (χ2v) is 6.55. The van der Waals surface area contributed by atoms with Crippen molar-refractivity contribution in [2.24, 2.45) is 0 Å². The third-order valence-electron chi connectivity index (χ3n) is 4.65. The summed E-state index contributed by atoms with van der Waals surface area (Å²) < 4.78 is 0. The minimum absolute atomic E-state index is 0.0627. The van der Waals surface area contributed by atoms with Crippen LogP contribution in [0.15, 0.2) is 47.3 Å². The second kappa shape index (κ2) is 5.77. The number of aromatic amines is 1. The van der Waals surface area contributed by atoms with E-state index in [1.165, 1.54) is 6.92 Å². The number of amides is 1. The molecule has 4 rings (SSSR count). The van der Waals surface area contributed by atoms with Gasteiger partial charge in [0.15, 0.2) is 0 Å². The summed E-state index contributed by atoms with van der Waals surface area (Å²) in [5.74, 6) is 0.201. The molecule has 0 fully saturated rings. The van der Waals surface area contributed by atoms with Crippen LogP contribution in [0.3, 0.4) is 0 Å². The van der Waals surface area contributed by atoms with Crippen LogP contribution in [0.1, 0.15) is 25.3 Å². The molecule has 3 aromatic rings. The van der Waals surface area contributed by atoms with Gasteiger partial charge in [-0.1, -0.05) is 25.1 Å². The number of benzene rings is 2. The van der Waals surface area contributed by atoms with E-state index >= 15 is 0 Å². The average molecular weight is 333 g/mol. The van der Waals surface area contributed by atoms with E-state index in [4.69, 9.17) is 0 Å². The summed E-state index contributed by atoms with van der Waals surface area (Å²) in [7, 11) is 0. The first-order valence-electron chi connectivity index (χ1n) is 8.35. The van der Waals surface area contributed by atoms with Gasteiger partial charge in [-0.25, -0.2) is 0 Å². The molecule has 0 bridgehead atoms. The van der Waals surface area contributed by atoms with Gasteiger partial charge < -0.3 is 15.6 Å². The fourth-order valence-electron chi connectivity index (χ4n) is 3.52. The molecule has 2 heterocycles. The number of pyridine rings is 1. The number of aromatic nitrogens is 1. The number of carbonyl (C=O) groups excluding carboxylic acids is 1. The third-order valence-corrected chi connectivity index (χ3v) is 4.65. The number of hydrogen-bond acceptors (Lipinski definition) is 3. The van der Waals surface area contributed by atoms with Gasteiger partial charge in [0, 0.05) is 36.0 Å². The maximum atomic E-state index is 12.2. The Bertz CT molecular complexity index is 1050. The zero-order valence-electron chi connectivity index (χ0n) is 14.1. The van der Waals surface area contributed by atoms with Crippen LogP contribution in [0, 0.1) is 0 Å². The number of rotatable bonds is 2. The molecule has 0 radical (unpaired) electrons. The Labute approximate surface area is 145 Å². The van der Waals surface area contributed by atoms with Gasteiger partial charge >= 0.3 is 0 Å². The first-order chi connectivity index (χ1) is 12.0. The van der Waals surface area contributed by atoms with Gasteiger partial charge in [0.2, 0.25) is 5.91 Å². The van der Waals surface area contributed by atoms with Gasteiger partial charge in [-0.2, -0.15) is 0 Å². The van der Waals surface area contributed by atoms with Crippen molar-refractivity contribution < 1.29 is 4.79 Å². The van der Waals surface area contributed by atoms with Crippen molar-refractivity contribution in [2.45, 2.75) is 19.8 Å². The van der Waals surface area contributed by atoms with E-state index in [1.54, 1.807) is 0 Å². The predicted molar refractivity (Wildman–Crippen MR) is 101 cm³/mol. The minimum Gasteiger partial charge on any atom is -0.380 e. The number of nitrogens with one attached hydrogen (secondary N) is 3. The second-order valence-electron chi connectivity index (χ2n) is 6.55. The van der Waals surface area contributed by atoms with E-state index < -0.39 is 0 Å². The lowest BCUT2D eigenvalue weighted by molar-refractivity contribution is -0.114. The maximum Gasteiger partial charge on any atom is 0.272 e. The van der Waals surface area contributed by atoms with Gasteiger partial charge in [-0.15, -0.1) is 0 Å². The van der Waals surface area contributed by atoms with Gasteiger partial charge in [-0.3, -0.25) is 9.59 Å². The summed E-state index contributed by atoms with van der Waals surface area (Å²) in [6, 6.07) is 13.8. The molecule has 5 heteroatoms. The van der Waals surface area contributed by atoms with E-state index in [0.29, 0.717) is 11.6 Å². The van der Waals surface area contributed by atoms with Crippen molar-refractivity contribution >= 4 is 28.2 Å². The lowest BCUT2D eigenvalue weighted by atomic mass is 9.95. The summed E-state index contributed by atoms with van der Waals surface area (Å²) in [5.41, 5.74) is 5.39. The molecule has 1 amide bonds. The average Bonchev–Trinajstić information content (AvgIpc) is 2.97. The van der Waals surface area contributed by atoms with Gasteiger partial charge in [0.1, 0.15) is 5.69 Å². The van der Waals surface area contributed by atoms with Crippen molar-refractivity contribution in [1.82, 2.24) is 4.98 Å². The highest BCUT2D eigenvalue weighted by atomic mass is 16.1. The maximum absolute atomic E-state index is 12.2. The summed E-state index contributed by atoms with van der Waals surface area (Å²) in [6.07, 6.45) is 0. The van der Waals surface area contributed by atoms with Gasteiger partial charge in [0.05, 0.1) is 0 Å². The van der Waals surface area contributed by atoms with E-state index in [1.807, 2.05) is 36.4 Å². The number of hydrogen-bond donors (Lipinski definition) is 3. The zero-order chi connectivity index (χ0) is 17.6. The number of anilines is 2. The highest BCUT2D eigenvalue weighted by Crippen LogP contribution is 2.36. The Balaban J connectivity index is 1.88. The van der Waals surface area contributed by atoms with Crippen LogP contribution < -0.4 is 16.2 Å². The monoisotopic (exact) mass is 333 g/mol. The molecule has 0 saturated carbocycles. The van der Waals surface area contributed by atoms with Crippen LogP contribution in [0.5, 0.6) is 0 Å². The molecule has 0 spiro atoms. The van der Waals surface area contributed by atoms with E-state index in [9.17, 15) is 9.59 Å². The minimum atomic E-state index is -0.0917. The van der Waals surface area contributed by atoms with Crippen molar-refractivity contribution in [3.8, 4) is 11.1 Å². The molecule has 1 aromatic heterocycles. The molecule has 25 heavy (non-hydrogen) atoms. The van der Waals surface area contributed by atoms with E-state index in [-0.39, 0.29) is 11.5 Å². The van der Waals surface area contributed by atoms with Crippen molar-refractivity contribution in [3.05, 3.63) is 58.4 Å². The molecular weight excluding hydrogens is 314 g/mol. The lowest BCUT2D eigenvalue weighted by Crippen LogP contribution is -2.11. The molecule has 3 N–H and O–H groups in total. The summed E-state index contributed by atoms with van der Waals surface area (Å²) >= 11 is 0. The summed E-state index contributed by atoms with van der Waals surface area (Å²) in [6.45, 7) is 4.40. The SMILES string of the molecule is CC(=O)Nc1cccc(-c2ccc3[nH]c(=O)c4c(c3c2)C(C)CN4)c1. The highest BCUT2D eigenvalue weighted by Gasteiger charge is 2.24. The Morgan fingerprint density at radius 3 is 2.76 bits per heavy atom. The number of carbonyl (C=O) groups is 1. The molecule has 5 nitrogen and oxygen atoms in total. The molecule has 126 valence electrons. The first kappa shape index (κ1) is 15.4. The largest absolute Gasteiger partial charge is 0.380 e. The molecule has 1 unspecified atom stereocenters. The Hall–Kier alpha value is -3.08. The van der Waals surface area contributed by atoms with Crippen LogP contribution in [0.25, 0.3) is 22.0 Å². The first-order valence-corrected chi connectivity index (χ1v) is 8.35. The fourth-order valence-corrected chi connectivity index (χ4v) is 3.52. The molecule has 1 aliphatic heterocycles. The van der Waals surface area contributed by atoms with E-state index in [2.05, 4.69) is 28.6 Å². The molecule has 1 aliphatic rings. The van der Waals surface area contributed by atoms with Crippen molar-refractivity contribution in [3.63, 3.8) is 0 Å². The van der Waals surface area contributed by atoms with Crippen LogP contribution in [-0.4, -0.2) is 17.4 Å². The predicted octanol–water partition coefficient (Wildman–Crippen LogP) is 3.68. The van der Waals surface area contributed by atoms with Crippen LogP contribution >= 0.6 is 0 Å². The molecule has 0 aliphatic carbocycles. The molecule has 1 atom stereocenters. The lowest BCUT2D eigenvalue weighted by Gasteiger charge is -2.11. The molecule has 0 saturated heterocycles. The Morgan fingerprint density at radius 1 is 1.16 bits per heavy atom. The number of fused-ring (bicyclic) bond motifs is 3. The quantitative estimate of drug-likeness (QED) is 0.670. The summed E-state index contributed by atoms with van der Waals surface area (Å²) in [5, 5.41) is 7.09. The van der Waals surface area contributed by atoms with Crippen LogP contribution in [0.2, 0.25) is 0 Å². The molecule has 2 aromatic carbocycles. The Morgan fingerprint density at radius 2 is 1.96 bits per heavy atom. The smallest absolute Gasteiger partial charge is 0.272 e. The van der Waals surface area contributed by atoms with Crippen LogP contribution in [-0.2, 0) is 4.79 Å². The van der Waals surface area contributed by atoms with Gasteiger partial charge in [-0.05, 0) is 41.0 Å². The number of H-pyrrole nitrogens is 1.